The monoisotopic (exact) mass is 269 g/mol. The molecule has 1 aromatic rings. The van der Waals surface area contributed by atoms with Crippen molar-refractivity contribution >= 4 is 15.9 Å². The fraction of sp³-hybridized carbons (Fsp3) is 0.364. The number of hydrogen-bond acceptors (Lipinski definition) is 3. The normalized spacial score (nSPS) is 14.3. The van der Waals surface area contributed by atoms with Gasteiger partial charge in [0.15, 0.2) is 0 Å². The molecule has 2 N–H and O–H groups in total. The predicted molar refractivity (Wildman–Crippen MR) is 60.1 cm³/mol. The molecule has 2 unspecified atom stereocenters. The smallest absolute Gasteiger partial charge is 0.106 e. The first-order chi connectivity index (χ1) is 7.06. The van der Waals surface area contributed by atoms with E-state index in [1.54, 1.807) is 12.1 Å². The van der Waals surface area contributed by atoms with Crippen molar-refractivity contribution in [2.75, 3.05) is 0 Å². The molecule has 0 saturated heterocycles. The quantitative estimate of drug-likeness (QED) is 0.883. The Morgan fingerprint density at radius 2 is 2.13 bits per heavy atom. The van der Waals surface area contributed by atoms with Gasteiger partial charge < -0.3 is 10.2 Å². The number of aliphatic hydroxyl groups excluding tert-OH is 2. The molecule has 0 radical (unpaired) electrons. The lowest BCUT2D eigenvalue weighted by Gasteiger charge is -2.16. The number of nitriles is 1. The van der Waals surface area contributed by atoms with Crippen molar-refractivity contribution in [2.24, 2.45) is 0 Å². The van der Waals surface area contributed by atoms with Crippen molar-refractivity contribution in [3.8, 4) is 6.07 Å². The molecule has 1 rings (SSSR count). The molecule has 0 saturated carbocycles. The summed E-state index contributed by atoms with van der Waals surface area (Å²) in [5.41, 5.74) is 1.66. The van der Waals surface area contributed by atoms with Gasteiger partial charge in [-0.15, -0.1) is 0 Å². The highest BCUT2D eigenvalue weighted by molar-refractivity contribution is 9.10. The Hall–Kier alpha value is -0.890. The number of aryl methyl sites for hydroxylation is 1. The van der Waals surface area contributed by atoms with Crippen LogP contribution < -0.4 is 0 Å². The highest BCUT2D eigenvalue weighted by Gasteiger charge is 2.18. The van der Waals surface area contributed by atoms with E-state index in [0.29, 0.717) is 5.56 Å². The molecular weight excluding hydrogens is 258 g/mol. The summed E-state index contributed by atoms with van der Waals surface area (Å²) < 4.78 is 0.878. The third-order valence-electron chi connectivity index (χ3n) is 2.20. The molecule has 0 amide bonds. The summed E-state index contributed by atoms with van der Waals surface area (Å²) in [6, 6.07) is 7.16. The summed E-state index contributed by atoms with van der Waals surface area (Å²) in [7, 11) is 0. The van der Waals surface area contributed by atoms with Crippen molar-refractivity contribution in [1.29, 1.82) is 5.26 Å². The number of hydrogen-bond donors (Lipinski definition) is 2. The summed E-state index contributed by atoms with van der Waals surface area (Å²) in [5, 5.41) is 27.6. The minimum atomic E-state index is -1.04. The third-order valence-corrected chi connectivity index (χ3v) is 3.06. The first kappa shape index (κ1) is 12.2. The average molecular weight is 270 g/mol. The molecule has 2 atom stereocenters. The van der Waals surface area contributed by atoms with Gasteiger partial charge in [-0.3, -0.25) is 0 Å². The van der Waals surface area contributed by atoms with Crippen LogP contribution in [0, 0.1) is 18.3 Å². The van der Waals surface area contributed by atoms with Gasteiger partial charge >= 0.3 is 0 Å². The largest absolute Gasteiger partial charge is 0.389 e. The van der Waals surface area contributed by atoms with E-state index < -0.39 is 12.2 Å². The summed E-state index contributed by atoms with van der Waals surface area (Å²) in [6.07, 6.45) is -2.13. The Morgan fingerprint density at radius 3 is 2.67 bits per heavy atom. The average Bonchev–Trinajstić information content (AvgIpc) is 2.21. The Balaban J connectivity index is 2.87. The van der Waals surface area contributed by atoms with Crippen LogP contribution in [0.25, 0.3) is 0 Å². The van der Waals surface area contributed by atoms with E-state index in [1.165, 1.54) is 0 Å². The van der Waals surface area contributed by atoms with E-state index in [1.807, 2.05) is 19.1 Å². The number of halogens is 1. The highest BCUT2D eigenvalue weighted by Crippen LogP contribution is 2.24. The van der Waals surface area contributed by atoms with Crippen LogP contribution in [0.1, 0.15) is 23.7 Å². The van der Waals surface area contributed by atoms with E-state index >= 15 is 0 Å². The van der Waals surface area contributed by atoms with Crippen LogP contribution in [0.5, 0.6) is 0 Å². The van der Waals surface area contributed by atoms with Gasteiger partial charge in [-0.25, -0.2) is 0 Å². The van der Waals surface area contributed by atoms with Crippen molar-refractivity contribution < 1.29 is 10.2 Å². The van der Waals surface area contributed by atoms with Crippen LogP contribution in [0.15, 0.2) is 22.7 Å². The maximum absolute atomic E-state index is 9.71. The Bertz CT molecular complexity index is 387. The molecule has 0 aliphatic carbocycles. The van der Waals surface area contributed by atoms with Gasteiger partial charge in [0.05, 0.1) is 18.6 Å². The molecule has 0 aromatic heterocycles. The third kappa shape index (κ3) is 3.03. The van der Waals surface area contributed by atoms with Crippen LogP contribution in [0.3, 0.4) is 0 Å². The summed E-state index contributed by atoms with van der Waals surface area (Å²) in [4.78, 5) is 0. The first-order valence-electron chi connectivity index (χ1n) is 4.55. The van der Waals surface area contributed by atoms with Gasteiger partial charge in [-0.05, 0) is 24.1 Å². The topological polar surface area (TPSA) is 64.2 Å². The Morgan fingerprint density at radius 1 is 1.47 bits per heavy atom. The minimum absolute atomic E-state index is 0.0767. The van der Waals surface area contributed by atoms with E-state index in [-0.39, 0.29) is 6.42 Å². The zero-order valence-electron chi connectivity index (χ0n) is 8.31. The molecule has 15 heavy (non-hydrogen) atoms. The number of nitrogens with zero attached hydrogens (tertiary/aromatic N) is 1. The Labute approximate surface area is 97.1 Å². The van der Waals surface area contributed by atoms with Crippen molar-refractivity contribution in [1.82, 2.24) is 0 Å². The zero-order chi connectivity index (χ0) is 11.4. The Kier molecular flexibility index (Phi) is 4.28. The molecule has 3 nitrogen and oxygen atoms in total. The van der Waals surface area contributed by atoms with Crippen molar-refractivity contribution in [3.05, 3.63) is 33.8 Å². The molecular formula is C11H12BrNO2. The maximum Gasteiger partial charge on any atom is 0.106 e. The van der Waals surface area contributed by atoms with Gasteiger partial charge in [-0.2, -0.15) is 5.26 Å². The molecule has 0 aliphatic heterocycles. The van der Waals surface area contributed by atoms with Crippen LogP contribution in [0.2, 0.25) is 0 Å². The lowest BCUT2D eigenvalue weighted by Crippen LogP contribution is -2.17. The van der Waals surface area contributed by atoms with Crippen LogP contribution >= 0.6 is 15.9 Å². The lowest BCUT2D eigenvalue weighted by atomic mass is 10.0. The second-order valence-corrected chi connectivity index (χ2v) is 4.24. The number of benzene rings is 1. The highest BCUT2D eigenvalue weighted by atomic mass is 79.9. The minimum Gasteiger partial charge on any atom is -0.389 e. The van der Waals surface area contributed by atoms with Gasteiger partial charge in [0, 0.05) is 4.47 Å². The standard InChI is InChI=1S/C11H12BrNO2/c1-7-2-3-8(6-9(7)12)11(15)10(14)4-5-13/h2-3,6,10-11,14-15H,4H2,1H3. The fourth-order valence-electron chi connectivity index (χ4n) is 1.22. The number of rotatable bonds is 3. The van der Waals surface area contributed by atoms with E-state index in [2.05, 4.69) is 15.9 Å². The maximum atomic E-state index is 9.71. The molecule has 0 spiro atoms. The van der Waals surface area contributed by atoms with Gasteiger partial charge in [0.1, 0.15) is 6.10 Å². The van der Waals surface area contributed by atoms with Gasteiger partial charge in [0.25, 0.3) is 0 Å². The van der Waals surface area contributed by atoms with E-state index in [9.17, 15) is 10.2 Å². The molecule has 0 aliphatic rings. The number of aliphatic hydroxyl groups is 2. The van der Waals surface area contributed by atoms with Crippen LogP contribution in [0.4, 0.5) is 0 Å². The SMILES string of the molecule is Cc1ccc(C(O)C(O)CC#N)cc1Br. The van der Waals surface area contributed by atoms with E-state index in [0.717, 1.165) is 10.0 Å². The molecule has 1 aromatic carbocycles. The predicted octanol–water partition coefficient (Wildman–Crippen LogP) is 2.07. The second kappa shape index (κ2) is 5.26. The molecule has 4 heteroatoms. The van der Waals surface area contributed by atoms with Crippen LogP contribution in [-0.4, -0.2) is 16.3 Å². The fourth-order valence-corrected chi connectivity index (χ4v) is 1.62. The molecule has 0 bridgehead atoms. The van der Waals surface area contributed by atoms with Crippen LogP contribution in [-0.2, 0) is 0 Å². The van der Waals surface area contributed by atoms with Gasteiger partial charge in [0.2, 0.25) is 0 Å². The van der Waals surface area contributed by atoms with Crippen molar-refractivity contribution in [3.63, 3.8) is 0 Å². The molecule has 0 fully saturated rings. The molecule has 0 heterocycles. The first-order valence-corrected chi connectivity index (χ1v) is 5.34. The summed E-state index contributed by atoms with van der Waals surface area (Å²) in [5.74, 6) is 0. The molecule has 80 valence electrons. The van der Waals surface area contributed by atoms with Crippen molar-refractivity contribution in [2.45, 2.75) is 25.6 Å². The second-order valence-electron chi connectivity index (χ2n) is 3.38. The summed E-state index contributed by atoms with van der Waals surface area (Å²) >= 11 is 3.34. The van der Waals surface area contributed by atoms with E-state index in [4.69, 9.17) is 5.26 Å². The van der Waals surface area contributed by atoms with Gasteiger partial charge in [-0.1, -0.05) is 28.1 Å². The summed E-state index contributed by atoms with van der Waals surface area (Å²) in [6.45, 7) is 1.94. The zero-order valence-corrected chi connectivity index (χ0v) is 9.90. The lowest BCUT2D eigenvalue weighted by molar-refractivity contribution is 0.0216.